The zero-order valence-electron chi connectivity index (χ0n) is 11.3. The fourth-order valence-electron chi connectivity index (χ4n) is 2.69. The molecule has 1 aliphatic heterocycles. The van der Waals surface area contributed by atoms with Crippen LogP contribution in [0, 0.1) is 11.8 Å². The third kappa shape index (κ3) is 2.06. The van der Waals surface area contributed by atoms with Crippen molar-refractivity contribution in [2.24, 2.45) is 11.8 Å². The number of H-pyrrole nitrogens is 1. The minimum absolute atomic E-state index is 0.00109. The summed E-state index contributed by atoms with van der Waals surface area (Å²) in [6.07, 6.45) is 2.25. The first-order chi connectivity index (χ1) is 8.95. The van der Waals surface area contributed by atoms with Gasteiger partial charge >= 0.3 is 5.69 Å². The Labute approximate surface area is 110 Å². The molecule has 6 heteroatoms. The molecule has 1 aromatic rings. The SMILES string of the molecule is CCC1(C=O)OC(n2ccc(=O)[nH]c2=O)C(C)C1C. The van der Waals surface area contributed by atoms with E-state index in [1.54, 1.807) is 0 Å². The van der Waals surface area contributed by atoms with Crippen LogP contribution < -0.4 is 11.2 Å². The van der Waals surface area contributed by atoms with Gasteiger partial charge in [0.1, 0.15) is 11.8 Å². The van der Waals surface area contributed by atoms with Crippen LogP contribution >= 0.6 is 0 Å². The second-order valence-electron chi connectivity index (χ2n) is 5.10. The van der Waals surface area contributed by atoms with Crippen molar-refractivity contribution in [2.75, 3.05) is 0 Å². The third-order valence-corrected chi connectivity index (χ3v) is 4.23. The van der Waals surface area contributed by atoms with Gasteiger partial charge in [-0.1, -0.05) is 20.8 Å². The molecule has 1 fully saturated rings. The van der Waals surface area contributed by atoms with Crippen molar-refractivity contribution in [1.82, 2.24) is 9.55 Å². The van der Waals surface area contributed by atoms with Gasteiger partial charge in [0.05, 0.1) is 0 Å². The lowest BCUT2D eigenvalue weighted by molar-refractivity contribution is -0.138. The van der Waals surface area contributed by atoms with Gasteiger partial charge in [0, 0.05) is 18.2 Å². The summed E-state index contributed by atoms with van der Waals surface area (Å²) in [6.45, 7) is 5.77. The Hall–Kier alpha value is -1.69. The van der Waals surface area contributed by atoms with Gasteiger partial charge in [-0.2, -0.15) is 0 Å². The molecule has 19 heavy (non-hydrogen) atoms. The van der Waals surface area contributed by atoms with Gasteiger partial charge in [0.2, 0.25) is 0 Å². The molecule has 0 aromatic carbocycles. The molecular weight excluding hydrogens is 248 g/mol. The normalized spacial score (nSPS) is 34.4. The molecule has 0 radical (unpaired) electrons. The number of hydrogen-bond acceptors (Lipinski definition) is 4. The van der Waals surface area contributed by atoms with Gasteiger partial charge < -0.3 is 9.53 Å². The number of aromatic amines is 1. The lowest BCUT2D eigenvalue weighted by atomic mass is 9.82. The third-order valence-electron chi connectivity index (χ3n) is 4.23. The average molecular weight is 266 g/mol. The zero-order valence-corrected chi connectivity index (χ0v) is 11.3. The van der Waals surface area contributed by atoms with E-state index in [0.29, 0.717) is 6.42 Å². The van der Waals surface area contributed by atoms with E-state index in [2.05, 4.69) is 4.98 Å². The van der Waals surface area contributed by atoms with Crippen molar-refractivity contribution < 1.29 is 9.53 Å². The summed E-state index contributed by atoms with van der Waals surface area (Å²) >= 11 is 0. The molecule has 1 aliphatic rings. The maximum absolute atomic E-state index is 11.8. The van der Waals surface area contributed by atoms with Crippen LogP contribution in [-0.2, 0) is 9.53 Å². The molecule has 1 saturated heterocycles. The number of nitrogens with zero attached hydrogens (tertiary/aromatic N) is 1. The molecule has 4 unspecified atom stereocenters. The first-order valence-corrected chi connectivity index (χ1v) is 6.41. The maximum Gasteiger partial charge on any atom is 0.330 e. The zero-order chi connectivity index (χ0) is 14.2. The highest BCUT2D eigenvalue weighted by atomic mass is 16.5. The Bertz CT molecular complexity index is 591. The van der Waals surface area contributed by atoms with E-state index in [4.69, 9.17) is 4.74 Å². The topological polar surface area (TPSA) is 81.2 Å². The Morgan fingerprint density at radius 1 is 1.47 bits per heavy atom. The highest BCUT2D eigenvalue weighted by Gasteiger charge is 2.50. The van der Waals surface area contributed by atoms with Crippen molar-refractivity contribution in [3.8, 4) is 0 Å². The number of carbonyl (C=O) groups excluding carboxylic acids is 1. The number of nitrogens with one attached hydrogen (secondary N) is 1. The molecule has 0 aliphatic carbocycles. The molecule has 104 valence electrons. The smallest absolute Gasteiger partial charge is 0.330 e. The Balaban J connectivity index is 2.45. The van der Waals surface area contributed by atoms with Crippen LogP contribution in [0.4, 0.5) is 0 Å². The molecule has 0 saturated carbocycles. The summed E-state index contributed by atoms with van der Waals surface area (Å²) in [5, 5.41) is 0. The molecule has 2 rings (SSSR count). The van der Waals surface area contributed by atoms with E-state index >= 15 is 0 Å². The lowest BCUT2D eigenvalue weighted by Gasteiger charge is -2.25. The largest absolute Gasteiger partial charge is 0.343 e. The molecule has 0 spiro atoms. The molecule has 6 nitrogen and oxygen atoms in total. The van der Waals surface area contributed by atoms with E-state index in [0.717, 1.165) is 6.29 Å². The minimum atomic E-state index is -0.861. The van der Waals surface area contributed by atoms with E-state index in [-0.39, 0.29) is 11.8 Å². The van der Waals surface area contributed by atoms with Crippen LogP contribution in [0.2, 0.25) is 0 Å². The van der Waals surface area contributed by atoms with Gasteiger partial charge in [-0.05, 0) is 12.3 Å². The van der Waals surface area contributed by atoms with Crippen molar-refractivity contribution in [2.45, 2.75) is 39.0 Å². The standard InChI is InChI=1S/C13H18N2O4/c1-4-13(7-16)9(3)8(2)11(19-13)15-6-5-10(17)14-12(15)18/h5-9,11H,4H2,1-3H3,(H,14,17,18). The van der Waals surface area contributed by atoms with E-state index < -0.39 is 23.1 Å². The van der Waals surface area contributed by atoms with Gasteiger partial charge in [0.15, 0.2) is 6.29 Å². The van der Waals surface area contributed by atoms with Gasteiger partial charge in [0.25, 0.3) is 5.56 Å². The number of rotatable bonds is 3. The molecule has 1 aromatic heterocycles. The van der Waals surface area contributed by atoms with Gasteiger partial charge in [-0.3, -0.25) is 14.3 Å². The average Bonchev–Trinajstić information content (AvgIpc) is 2.64. The fourth-order valence-corrected chi connectivity index (χ4v) is 2.69. The molecule has 2 heterocycles. The van der Waals surface area contributed by atoms with E-state index in [1.807, 2.05) is 20.8 Å². The summed E-state index contributed by atoms with van der Waals surface area (Å²) in [5.74, 6) is -0.00687. The predicted molar refractivity (Wildman–Crippen MR) is 68.9 cm³/mol. The Kier molecular flexibility index (Phi) is 3.45. The monoisotopic (exact) mass is 266 g/mol. The summed E-state index contributed by atoms with van der Waals surface area (Å²) in [7, 11) is 0. The molecular formula is C13H18N2O4. The first kappa shape index (κ1) is 13.7. The van der Waals surface area contributed by atoms with Crippen molar-refractivity contribution >= 4 is 6.29 Å². The van der Waals surface area contributed by atoms with E-state index in [9.17, 15) is 14.4 Å². The lowest BCUT2D eigenvalue weighted by Crippen LogP contribution is -2.36. The molecule has 1 N–H and O–H groups in total. The van der Waals surface area contributed by atoms with Crippen LogP contribution in [0.3, 0.4) is 0 Å². The Morgan fingerprint density at radius 3 is 2.63 bits per heavy atom. The summed E-state index contributed by atoms with van der Waals surface area (Å²) in [5.41, 5.74) is -1.83. The van der Waals surface area contributed by atoms with Gasteiger partial charge in [-0.15, -0.1) is 0 Å². The summed E-state index contributed by atoms with van der Waals surface area (Å²) in [6, 6.07) is 1.27. The number of hydrogen-bond donors (Lipinski definition) is 1. The van der Waals surface area contributed by atoms with Crippen LogP contribution in [0.1, 0.15) is 33.4 Å². The first-order valence-electron chi connectivity index (χ1n) is 6.41. The van der Waals surface area contributed by atoms with Crippen LogP contribution in [0.5, 0.6) is 0 Å². The summed E-state index contributed by atoms with van der Waals surface area (Å²) < 4.78 is 7.19. The van der Waals surface area contributed by atoms with Crippen molar-refractivity contribution in [3.05, 3.63) is 33.1 Å². The maximum atomic E-state index is 11.8. The molecule has 0 amide bonds. The second-order valence-corrected chi connectivity index (χ2v) is 5.10. The number of aldehydes is 1. The van der Waals surface area contributed by atoms with Gasteiger partial charge in [-0.25, -0.2) is 4.79 Å². The van der Waals surface area contributed by atoms with Crippen molar-refractivity contribution in [1.29, 1.82) is 0 Å². The minimum Gasteiger partial charge on any atom is -0.343 e. The fraction of sp³-hybridized carbons (Fsp3) is 0.615. The number of ether oxygens (including phenoxy) is 1. The van der Waals surface area contributed by atoms with E-state index in [1.165, 1.54) is 16.8 Å². The number of aromatic nitrogens is 2. The number of carbonyl (C=O) groups is 1. The Morgan fingerprint density at radius 2 is 2.16 bits per heavy atom. The molecule has 4 atom stereocenters. The highest BCUT2D eigenvalue weighted by Crippen LogP contribution is 2.45. The predicted octanol–water partition coefficient (Wildman–Crippen LogP) is 0.685. The molecule has 0 bridgehead atoms. The quantitative estimate of drug-likeness (QED) is 0.816. The second kappa shape index (κ2) is 4.77. The summed E-state index contributed by atoms with van der Waals surface area (Å²) in [4.78, 5) is 36.4. The van der Waals surface area contributed by atoms with Crippen LogP contribution in [-0.4, -0.2) is 21.4 Å². The van der Waals surface area contributed by atoms with Crippen molar-refractivity contribution in [3.63, 3.8) is 0 Å². The highest BCUT2D eigenvalue weighted by molar-refractivity contribution is 5.63. The van der Waals surface area contributed by atoms with Crippen LogP contribution in [0.15, 0.2) is 21.9 Å². The van der Waals surface area contributed by atoms with Crippen LogP contribution in [0.25, 0.3) is 0 Å².